The smallest absolute Gasteiger partial charge is 0.201 e. The first-order chi connectivity index (χ1) is 16.5. The number of rotatable bonds is 7. The van der Waals surface area contributed by atoms with Gasteiger partial charge in [0, 0.05) is 11.1 Å². The summed E-state index contributed by atoms with van der Waals surface area (Å²) in [4.78, 5) is 0. The third kappa shape index (κ3) is 5.11. The largest absolute Gasteiger partial charge is 0.494 e. The maximum Gasteiger partial charge on any atom is 0.201 e. The Morgan fingerprint density at radius 2 is 1.59 bits per heavy atom. The van der Waals surface area contributed by atoms with Crippen LogP contribution < -0.4 is 4.74 Å². The molecule has 0 aliphatic heterocycles. The molecule has 0 spiro atoms. The number of ether oxygens (including phenoxy) is 1. The van der Waals surface area contributed by atoms with Gasteiger partial charge in [0.2, 0.25) is 5.82 Å². The quantitative estimate of drug-likeness (QED) is 0.318. The molecule has 1 aliphatic carbocycles. The predicted octanol–water partition coefficient (Wildman–Crippen LogP) is 8.99. The van der Waals surface area contributed by atoms with Crippen molar-refractivity contribution in [1.82, 2.24) is 0 Å². The number of methoxy groups -OCH3 is 1. The zero-order valence-electron chi connectivity index (χ0n) is 19.6. The topological polar surface area (TPSA) is 9.23 Å². The first-order valence-corrected chi connectivity index (χ1v) is 11.7. The van der Waals surface area contributed by atoms with Crippen molar-refractivity contribution in [3.63, 3.8) is 0 Å². The maximum atomic E-state index is 15.0. The van der Waals surface area contributed by atoms with E-state index in [1.54, 1.807) is 30.3 Å². The molecule has 3 aromatic carbocycles. The molecule has 3 aromatic rings. The predicted molar refractivity (Wildman–Crippen MR) is 133 cm³/mol. The highest BCUT2D eigenvalue weighted by Gasteiger charge is 2.18. The van der Waals surface area contributed by atoms with Crippen LogP contribution in [0.25, 0.3) is 27.8 Å². The van der Waals surface area contributed by atoms with Crippen LogP contribution in [0, 0.1) is 23.4 Å². The van der Waals surface area contributed by atoms with Gasteiger partial charge in [-0.25, -0.2) is 8.78 Å². The summed E-state index contributed by atoms with van der Waals surface area (Å²) in [5, 5.41) is 0. The Hall–Kier alpha value is -3.27. The SMILES string of the molecule is CC=CCCC1CC=C(c2ccc(-c3ccc(-c4ccc(OC)c(F)c4F)cc3)cc2F)CC1. The Morgan fingerprint density at radius 3 is 2.24 bits per heavy atom. The van der Waals surface area contributed by atoms with Gasteiger partial charge < -0.3 is 4.74 Å². The van der Waals surface area contributed by atoms with Crippen molar-refractivity contribution in [2.24, 2.45) is 5.92 Å². The second-order valence-corrected chi connectivity index (χ2v) is 8.73. The van der Waals surface area contributed by atoms with Gasteiger partial charge in [0.25, 0.3) is 0 Å². The van der Waals surface area contributed by atoms with Gasteiger partial charge in [-0.05, 0) is 85.4 Å². The van der Waals surface area contributed by atoms with E-state index >= 15 is 4.39 Å². The van der Waals surface area contributed by atoms with Crippen molar-refractivity contribution in [3.8, 4) is 28.0 Å². The van der Waals surface area contributed by atoms with E-state index in [1.807, 2.05) is 19.1 Å². The minimum atomic E-state index is -1.01. The van der Waals surface area contributed by atoms with Gasteiger partial charge in [-0.15, -0.1) is 0 Å². The monoisotopic (exact) mass is 462 g/mol. The van der Waals surface area contributed by atoms with Crippen molar-refractivity contribution in [1.29, 1.82) is 0 Å². The van der Waals surface area contributed by atoms with Crippen LogP contribution in [-0.2, 0) is 0 Å². The van der Waals surface area contributed by atoms with Gasteiger partial charge in [-0.3, -0.25) is 0 Å². The number of benzene rings is 3. The summed E-state index contributed by atoms with van der Waals surface area (Å²) in [7, 11) is 1.30. The average molecular weight is 463 g/mol. The fourth-order valence-electron chi connectivity index (χ4n) is 4.60. The minimum Gasteiger partial charge on any atom is -0.494 e. The van der Waals surface area contributed by atoms with Crippen molar-refractivity contribution >= 4 is 5.57 Å². The van der Waals surface area contributed by atoms with Gasteiger partial charge in [-0.2, -0.15) is 4.39 Å². The number of hydrogen-bond acceptors (Lipinski definition) is 1. The number of halogens is 3. The molecule has 1 atom stereocenters. The Labute approximate surface area is 199 Å². The molecule has 4 rings (SSSR count). The molecule has 1 unspecified atom stereocenters. The van der Waals surface area contributed by atoms with Crippen LogP contribution in [0.5, 0.6) is 5.75 Å². The van der Waals surface area contributed by atoms with Crippen LogP contribution in [0.2, 0.25) is 0 Å². The van der Waals surface area contributed by atoms with Crippen LogP contribution in [0.3, 0.4) is 0 Å². The lowest BCUT2D eigenvalue weighted by molar-refractivity contribution is 0.372. The van der Waals surface area contributed by atoms with Crippen LogP contribution >= 0.6 is 0 Å². The maximum absolute atomic E-state index is 15.0. The summed E-state index contributed by atoms with van der Waals surface area (Å²) in [6, 6.07) is 15.2. The summed E-state index contributed by atoms with van der Waals surface area (Å²) in [6.45, 7) is 2.04. The second-order valence-electron chi connectivity index (χ2n) is 8.73. The lowest BCUT2D eigenvalue weighted by Gasteiger charge is -2.22. The Kier molecular flexibility index (Phi) is 7.56. The number of allylic oxidation sites excluding steroid dienone is 4. The van der Waals surface area contributed by atoms with Crippen LogP contribution in [0.1, 0.15) is 44.6 Å². The Balaban J connectivity index is 1.50. The van der Waals surface area contributed by atoms with E-state index in [0.29, 0.717) is 17.0 Å². The molecule has 0 N–H and O–H groups in total. The zero-order chi connectivity index (χ0) is 24.1. The molecule has 0 radical (unpaired) electrons. The summed E-state index contributed by atoms with van der Waals surface area (Å²) in [5.41, 5.74) is 4.00. The molecule has 0 heterocycles. The van der Waals surface area contributed by atoms with Crippen molar-refractivity contribution in [3.05, 3.63) is 95.8 Å². The zero-order valence-corrected chi connectivity index (χ0v) is 19.6. The standard InChI is InChI=1S/C30H29F3O/c1-3-4-5-6-20-7-9-22(10-8-20)25-16-15-24(19-27(25)31)21-11-13-23(14-12-21)26-17-18-28(34-2)30(33)29(26)32/h3-4,9,11-20H,5-8,10H2,1-2H3. The summed E-state index contributed by atoms with van der Waals surface area (Å²) < 4.78 is 48.3. The average Bonchev–Trinajstić information content (AvgIpc) is 2.86. The van der Waals surface area contributed by atoms with E-state index in [1.165, 1.54) is 25.7 Å². The fourth-order valence-corrected chi connectivity index (χ4v) is 4.60. The molecule has 0 aromatic heterocycles. The molecule has 0 saturated heterocycles. The summed E-state index contributed by atoms with van der Waals surface area (Å²) in [5.74, 6) is -1.66. The van der Waals surface area contributed by atoms with Gasteiger partial charge in [0.15, 0.2) is 11.6 Å². The minimum absolute atomic E-state index is 0.134. The van der Waals surface area contributed by atoms with Crippen LogP contribution in [0.15, 0.2) is 72.8 Å². The van der Waals surface area contributed by atoms with E-state index in [2.05, 4.69) is 18.2 Å². The molecule has 1 aliphatic rings. The van der Waals surface area contributed by atoms with Gasteiger partial charge >= 0.3 is 0 Å². The van der Waals surface area contributed by atoms with E-state index in [9.17, 15) is 8.78 Å². The van der Waals surface area contributed by atoms with Gasteiger partial charge in [0.05, 0.1) is 7.11 Å². The van der Waals surface area contributed by atoms with E-state index < -0.39 is 11.6 Å². The highest BCUT2D eigenvalue weighted by Crippen LogP contribution is 2.35. The summed E-state index contributed by atoms with van der Waals surface area (Å²) in [6.07, 6.45) is 11.8. The normalized spacial score (nSPS) is 16.0. The molecule has 0 amide bonds. The van der Waals surface area contributed by atoms with Crippen LogP contribution in [0.4, 0.5) is 13.2 Å². The third-order valence-electron chi connectivity index (χ3n) is 6.61. The van der Waals surface area contributed by atoms with Gasteiger partial charge in [0.1, 0.15) is 5.82 Å². The molecular formula is C30H29F3O. The summed E-state index contributed by atoms with van der Waals surface area (Å²) >= 11 is 0. The molecular weight excluding hydrogens is 433 g/mol. The first kappa shape index (κ1) is 23.9. The lowest BCUT2D eigenvalue weighted by Crippen LogP contribution is -2.06. The molecule has 176 valence electrons. The highest BCUT2D eigenvalue weighted by atomic mass is 19.2. The first-order valence-electron chi connectivity index (χ1n) is 11.7. The Bertz CT molecular complexity index is 1210. The second kappa shape index (κ2) is 10.8. The van der Waals surface area contributed by atoms with E-state index in [0.717, 1.165) is 42.4 Å². The van der Waals surface area contributed by atoms with Gasteiger partial charge in [-0.1, -0.05) is 54.6 Å². The lowest BCUT2D eigenvalue weighted by atomic mass is 9.84. The molecule has 0 bridgehead atoms. The molecule has 0 fully saturated rings. The van der Waals surface area contributed by atoms with E-state index in [-0.39, 0.29) is 17.1 Å². The van der Waals surface area contributed by atoms with Crippen molar-refractivity contribution in [2.75, 3.05) is 7.11 Å². The third-order valence-corrected chi connectivity index (χ3v) is 6.61. The number of hydrogen-bond donors (Lipinski definition) is 0. The van der Waals surface area contributed by atoms with E-state index in [4.69, 9.17) is 4.74 Å². The van der Waals surface area contributed by atoms with Crippen molar-refractivity contribution in [2.45, 2.75) is 39.0 Å². The molecule has 0 saturated carbocycles. The Morgan fingerprint density at radius 1 is 0.882 bits per heavy atom. The fraction of sp³-hybridized carbons (Fsp3) is 0.267. The highest BCUT2D eigenvalue weighted by molar-refractivity contribution is 5.74. The molecule has 34 heavy (non-hydrogen) atoms. The van der Waals surface area contributed by atoms with Crippen molar-refractivity contribution < 1.29 is 17.9 Å². The molecule has 1 nitrogen and oxygen atoms in total. The molecule has 4 heteroatoms. The van der Waals surface area contributed by atoms with Crippen LogP contribution in [-0.4, -0.2) is 7.11 Å².